The summed E-state index contributed by atoms with van der Waals surface area (Å²) in [5.74, 6) is -0.364. The molecule has 0 spiro atoms. The molecule has 0 amide bonds. The molecule has 20 heavy (non-hydrogen) atoms. The van der Waals surface area contributed by atoms with E-state index in [1.807, 2.05) is 24.3 Å². The van der Waals surface area contributed by atoms with Crippen molar-refractivity contribution in [2.24, 2.45) is 0 Å². The summed E-state index contributed by atoms with van der Waals surface area (Å²) in [6.07, 6.45) is 0. The minimum atomic E-state index is -0.412. The number of hydrogen-bond acceptors (Lipinski definition) is 2. The molecule has 0 fully saturated rings. The molecule has 0 atom stereocenters. The average Bonchev–Trinajstić information content (AvgIpc) is 2.46. The standard InChI is InChI=1S/C16H10FNO2/c17-14-7-5-11(6-8-14)15-9-12-3-1-2-4-13(12)10-16(15)18(19)20/h1-10H. The van der Waals surface area contributed by atoms with Gasteiger partial charge in [0, 0.05) is 6.07 Å². The van der Waals surface area contributed by atoms with Crippen LogP contribution < -0.4 is 0 Å². The first-order chi connectivity index (χ1) is 9.65. The maximum Gasteiger partial charge on any atom is 0.277 e. The lowest BCUT2D eigenvalue weighted by molar-refractivity contribution is -0.384. The first-order valence-electron chi connectivity index (χ1n) is 6.08. The fourth-order valence-corrected chi connectivity index (χ4v) is 2.24. The van der Waals surface area contributed by atoms with Gasteiger partial charge < -0.3 is 0 Å². The van der Waals surface area contributed by atoms with Crippen molar-refractivity contribution in [2.75, 3.05) is 0 Å². The van der Waals surface area contributed by atoms with Crippen LogP contribution in [0.5, 0.6) is 0 Å². The van der Waals surface area contributed by atoms with Gasteiger partial charge in [-0.15, -0.1) is 0 Å². The van der Waals surface area contributed by atoms with Gasteiger partial charge in [-0.2, -0.15) is 0 Å². The highest BCUT2D eigenvalue weighted by atomic mass is 19.1. The zero-order valence-corrected chi connectivity index (χ0v) is 10.4. The van der Waals surface area contributed by atoms with Gasteiger partial charge in [0.1, 0.15) is 5.82 Å². The molecule has 98 valence electrons. The molecular formula is C16H10FNO2. The van der Waals surface area contributed by atoms with Crippen LogP contribution in [0.2, 0.25) is 0 Å². The van der Waals surface area contributed by atoms with Crippen molar-refractivity contribution in [3.63, 3.8) is 0 Å². The number of nitro groups is 1. The average molecular weight is 267 g/mol. The predicted molar refractivity (Wildman–Crippen MR) is 76.0 cm³/mol. The van der Waals surface area contributed by atoms with Crippen LogP contribution in [0, 0.1) is 15.9 Å². The van der Waals surface area contributed by atoms with Gasteiger partial charge in [0.25, 0.3) is 5.69 Å². The molecule has 0 heterocycles. The zero-order chi connectivity index (χ0) is 14.1. The minimum absolute atomic E-state index is 0.0234. The van der Waals surface area contributed by atoms with Gasteiger partial charge in [0.2, 0.25) is 0 Å². The van der Waals surface area contributed by atoms with Gasteiger partial charge in [-0.1, -0.05) is 36.4 Å². The van der Waals surface area contributed by atoms with Gasteiger partial charge in [-0.3, -0.25) is 10.1 Å². The van der Waals surface area contributed by atoms with Crippen LogP contribution in [0.25, 0.3) is 21.9 Å². The Morgan fingerprint density at radius 1 is 0.900 bits per heavy atom. The predicted octanol–water partition coefficient (Wildman–Crippen LogP) is 4.55. The van der Waals surface area contributed by atoms with E-state index in [2.05, 4.69) is 0 Å². The zero-order valence-electron chi connectivity index (χ0n) is 10.4. The Bertz CT molecular complexity index is 797. The number of nitro benzene ring substituents is 1. The molecule has 0 aromatic heterocycles. The van der Waals surface area contributed by atoms with Crippen molar-refractivity contribution in [2.45, 2.75) is 0 Å². The Morgan fingerprint density at radius 3 is 2.10 bits per heavy atom. The van der Waals surface area contributed by atoms with Crippen molar-refractivity contribution >= 4 is 16.5 Å². The smallest absolute Gasteiger partial charge is 0.258 e. The number of benzene rings is 3. The van der Waals surface area contributed by atoms with Crippen LogP contribution in [0.1, 0.15) is 0 Å². The third-order valence-electron chi connectivity index (χ3n) is 3.22. The lowest BCUT2D eigenvalue weighted by Gasteiger charge is -2.06. The van der Waals surface area contributed by atoms with Crippen molar-refractivity contribution < 1.29 is 9.31 Å². The summed E-state index contributed by atoms with van der Waals surface area (Å²) in [5.41, 5.74) is 1.15. The summed E-state index contributed by atoms with van der Waals surface area (Å²) in [7, 11) is 0. The Kier molecular flexibility index (Phi) is 2.91. The fourth-order valence-electron chi connectivity index (χ4n) is 2.24. The summed E-state index contributed by atoms with van der Waals surface area (Å²) in [6.45, 7) is 0. The molecule has 3 aromatic carbocycles. The molecule has 0 aliphatic heterocycles. The molecule has 0 unspecified atom stereocenters. The van der Waals surface area contributed by atoms with E-state index in [4.69, 9.17) is 0 Å². The quantitative estimate of drug-likeness (QED) is 0.504. The van der Waals surface area contributed by atoms with Crippen LogP contribution in [0.4, 0.5) is 10.1 Å². The summed E-state index contributed by atoms with van der Waals surface area (Å²) < 4.78 is 13.0. The molecule has 0 N–H and O–H groups in total. The first-order valence-corrected chi connectivity index (χ1v) is 6.08. The second kappa shape index (κ2) is 4.74. The van der Waals surface area contributed by atoms with E-state index in [1.165, 1.54) is 12.1 Å². The highest BCUT2D eigenvalue weighted by Gasteiger charge is 2.16. The molecule has 0 aliphatic carbocycles. The van der Waals surface area contributed by atoms with Crippen molar-refractivity contribution in [3.8, 4) is 11.1 Å². The highest BCUT2D eigenvalue weighted by Crippen LogP contribution is 2.33. The van der Waals surface area contributed by atoms with Crippen molar-refractivity contribution in [1.29, 1.82) is 0 Å². The van der Waals surface area contributed by atoms with Crippen LogP contribution in [-0.2, 0) is 0 Å². The number of hydrogen-bond donors (Lipinski definition) is 0. The summed E-state index contributed by atoms with van der Waals surface area (Å²) in [6, 6.07) is 16.4. The Labute approximate surface area is 114 Å². The third kappa shape index (κ3) is 2.12. The number of nitrogens with zero attached hydrogens (tertiary/aromatic N) is 1. The summed E-state index contributed by atoms with van der Waals surface area (Å²) >= 11 is 0. The molecule has 4 heteroatoms. The molecule has 0 radical (unpaired) electrons. The fraction of sp³-hybridized carbons (Fsp3) is 0. The van der Waals surface area contributed by atoms with Gasteiger partial charge in [-0.25, -0.2) is 4.39 Å². The lowest BCUT2D eigenvalue weighted by Crippen LogP contribution is -1.92. The van der Waals surface area contributed by atoms with E-state index >= 15 is 0 Å². The largest absolute Gasteiger partial charge is 0.277 e. The van der Waals surface area contributed by atoms with E-state index < -0.39 is 4.92 Å². The topological polar surface area (TPSA) is 43.1 Å². The molecular weight excluding hydrogens is 257 g/mol. The van der Waals surface area contributed by atoms with Crippen molar-refractivity contribution in [1.82, 2.24) is 0 Å². The Balaban J connectivity index is 2.29. The van der Waals surface area contributed by atoms with Crippen LogP contribution >= 0.6 is 0 Å². The van der Waals surface area contributed by atoms with E-state index in [0.29, 0.717) is 11.1 Å². The van der Waals surface area contributed by atoms with Crippen molar-refractivity contribution in [3.05, 3.63) is 76.6 Å². The molecule has 0 saturated carbocycles. The number of halogens is 1. The third-order valence-corrected chi connectivity index (χ3v) is 3.22. The SMILES string of the molecule is O=[N+]([O-])c1cc2ccccc2cc1-c1ccc(F)cc1. The Morgan fingerprint density at radius 2 is 1.50 bits per heavy atom. The molecule has 0 saturated heterocycles. The van der Waals surface area contributed by atoms with Crippen LogP contribution in [-0.4, -0.2) is 4.92 Å². The molecule has 3 nitrogen and oxygen atoms in total. The van der Waals surface area contributed by atoms with Gasteiger partial charge in [0.15, 0.2) is 0 Å². The van der Waals surface area contributed by atoms with Gasteiger partial charge in [0.05, 0.1) is 10.5 Å². The molecule has 0 bridgehead atoms. The van der Waals surface area contributed by atoms with Crippen LogP contribution in [0.3, 0.4) is 0 Å². The lowest BCUT2D eigenvalue weighted by atomic mass is 9.99. The Hall–Kier alpha value is -2.75. The van der Waals surface area contributed by atoms with Crippen LogP contribution in [0.15, 0.2) is 60.7 Å². The van der Waals surface area contributed by atoms with Gasteiger partial charge >= 0.3 is 0 Å². The maximum absolute atomic E-state index is 13.0. The maximum atomic E-state index is 13.0. The van der Waals surface area contributed by atoms with E-state index in [9.17, 15) is 14.5 Å². The van der Waals surface area contributed by atoms with E-state index in [-0.39, 0.29) is 11.5 Å². The summed E-state index contributed by atoms with van der Waals surface area (Å²) in [5, 5.41) is 13.0. The molecule has 3 aromatic rings. The number of rotatable bonds is 2. The van der Waals surface area contributed by atoms with E-state index in [1.54, 1.807) is 24.3 Å². The highest BCUT2D eigenvalue weighted by molar-refractivity contribution is 5.92. The summed E-state index contributed by atoms with van der Waals surface area (Å²) in [4.78, 5) is 10.8. The second-order valence-electron chi connectivity index (χ2n) is 4.48. The van der Waals surface area contributed by atoms with Gasteiger partial charge in [-0.05, 0) is 34.5 Å². The first kappa shape index (κ1) is 12.3. The minimum Gasteiger partial charge on any atom is -0.258 e. The normalized spacial score (nSPS) is 10.7. The second-order valence-corrected chi connectivity index (χ2v) is 4.48. The monoisotopic (exact) mass is 267 g/mol. The number of fused-ring (bicyclic) bond motifs is 1. The molecule has 0 aliphatic rings. The molecule has 3 rings (SSSR count). The van der Waals surface area contributed by atoms with E-state index in [0.717, 1.165) is 10.8 Å².